The molecule has 1 aliphatic carbocycles. The number of quaternary nitrogens is 1. The summed E-state index contributed by atoms with van der Waals surface area (Å²) in [6, 6.07) is 9.38. The fourth-order valence-electron chi connectivity index (χ4n) is 5.05. The predicted molar refractivity (Wildman–Crippen MR) is 134 cm³/mol. The molecule has 10 heteroatoms. The Morgan fingerprint density at radius 1 is 1.14 bits per heavy atom. The molecular weight excluding hydrogens is 462 g/mol. The summed E-state index contributed by atoms with van der Waals surface area (Å²) in [7, 11) is 2.80. The Hall–Kier alpha value is -3.18. The number of fused-ring (bicyclic) bond motifs is 1. The number of aryl methyl sites for hydroxylation is 2. The molecule has 1 heterocycles. The molecular formula is C26H36N5O5+. The van der Waals surface area contributed by atoms with E-state index in [9.17, 15) is 20.0 Å². The number of hydrogen-bond donors (Lipinski definition) is 5. The van der Waals surface area contributed by atoms with Gasteiger partial charge in [0.15, 0.2) is 7.05 Å². The van der Waals surface area contributed by atoms with Gasteiger partial charge < -0.3 is 20.3 Å². The molecule has 1 aliphatic heterocycles. The molecule has 0 saturated heterocycles. The molecule has 1 saturated carbocycles. The highest BCUT2D eigenvalue weighted by molar-refractivity contribution is 5.94. The fraction of sp³-hybridized carbons (Fsp3) is 0.462. The zero-order valence-electron chi connectivity index (χ0n) is 21.3. The van der Waals surface area contributed by atoms with Gasteiger partial charge in [0, 0.05) is 28.6 Å². The lowest BCUT2D eigenvalue weighted by Crippen LogP contribution is -2.49. The van der Waals surface area contributed by atoms with Crippen LogP contribution in [0.15, 0.2) is 30.3 Å². The number of anilines is 2. The smallest absolute Gasteiger partial charge is 0.322 e. The van der Waals surface area contributed by atoms with Crippen LogP contribution in [-0.2, 0) is 17.9 Å². The number of amides is 3. The van der Waals surface area contributed by atoms with Crippen LogP contribution in [0.5, 0.6) is 5.75 Å². The Kier molecular flexibility index (Phi) is 7.51. The maximum Gasteiger partial charge on any atom is 0.322 e. The highest BCUT2D eigenvalue weighted by Crippen LogP contribution is 2.35. The topological polar surface area (TPSA) is 123 Å². The van der Waals surface area contributed by atoms with E-state index in [4.69, 9.17) is 4.74 Å². The molecule has 2 aromatic rings. The van der Waals surface area contributed by atoms with Crippen LogP contribution in [0.4, 0.5) is 16.2 Å². The van der Waals surface area contributed by atoms with Crippen molar-refractivity contribution in [2.45, 2.75) is 58.7 Å². The van der Waals surface area contributed by atoms with Gasteiger partial charge in [-0.05, 0) is 67.9 Å². The second-order valence-electron chi connectivity index (χ2n) is 9.88. The first-order chi connectivity index (χ1) is 17.1. The summed E-state index contributed by atoms with van der Waals surface area (Å²) in [6.07, 6.45) is 2.93. The maximum absolute atomic E-state index is 13.1. The summed E-state index contributed by atoms with van der Waals surface area (Å²) in [5.74, 6) is 0.638. The van der Waals surface area contributed by atoms with Crippen LogP contribution in [0.3, 0.4) is 0 Å². The van der Waals surface area contributed by atoms with E-state index in [1.165, 1.54) is 7.05 Å². The molecule has 0 unspecified atom stereocenters. The lowest BCUT2D eigenvalue weighted by molar-refractivity contribution is -1.26. The summed E-state index contributed by atoms with van der Waals surface area (Å²) in [5, 5.41) is 25.1. The fourth-order valence-corrected chi connectivity index (χ4v) is 5.05. The quantitative estimate of drug-likeness (QED) is 0.290. The predicted octanol–water partition coefficient (Wildman–Crippen LogP) is 4.09. The first-order valence-corrected chi connectivity index (χ1v) is 12.3. The van der Waals surface area contributed by atoms with Gasteiger partial charge in [-0.2, -0.15) is 10.4 Å². The highest BCUT2D eigenvalue weighted by atomic mass is 16.9. The van der Waals surface area contributed by atoms with Crippen LogP contribution in [0, 0.1) is 19.8 Å². The molecule has 0 bridgehead atoms. The maximum atomic E-state index is 13.1. The molecule has 0 aromatic heterocycles. The van der Waals surface area contributed by atoms with E-state index in [-0.39, 0.29) is 30.4 Å². The van der Waals surface area contributed by atoms with Crippen molar-refractivity contribution in [3.05, 3.63) is 52.6 Å². The first-order valence-electron chi connectivity index (χ1n) is 12.3. The van der Waals surface area contributed by atoms with E-state index >= 15 is 0 Å². The number of carbonyl (C=O) groups is 2. The summed E-state index contributed by atoms with van der Waals surface area (Å²) >= 11 is 0. The highest BCUT2D eigenvalue weighted by Gasteiger charge is 2.35. The monoisotopic (exact) mass is 498 g/mol. The second kappa shape index (κ2) is 10.4. The molecule has 0 atom stereocenters. The van der Waals surface area contributed by atoms with Gasteiger partial charge in [-0.25, -0.2) is 4.79 Å². The lowest BCUT2D eigenvalue weighted by Gasteiger charge is -2.40. The lowest BCUT2D eigenvalue weighted by atomic mass is 9.84. The molecule has 2 aliphatic rings. The van der Waals surface area contributed by atoms with Crippen molar-refractivity contribution in [3.63, 3.8) is 0 Å². The van der Waals surface area contributed by atoms with E-state index in [2.05, 4.69) is 16.1 Å². The van der Waals surface area contributed by atoms with Crippen molar-refractivity contribution in [3.8, 4) is 5.75 Å². The minimum absolute atomic E-state index is 0.000970. The van der Waals surface area contributed by atoms with Gasteiger partial charge in [-0.1, -0.05) is 23.6 Å². The summed E-state index contributed by atoms with van der Waals surface area (Å²) in [5.41, 5.74) is 7.89. The zero-order chi connectivity index (χ0) is 26.0. The van der Waals surface area contributed by atoms with Crippen LogP contribution in [0.1, 0.15) is 47.9 Å². The molecule has 1 fully saturated rings. The minimum atomic E-state index is -1.36. The van der Waals surface area contributed by atoms with Gasteiger partial charge in [0.2, 0.25) is 5.91 Å². The van der Waals surface area contributed by atoms with Crippen molar-refractivity contribution in [2.75, 3.05) is 24.8 Å². The molecule has 10 nitrogen and oxygen atoms in total. The summed E-state index contributed by atoms with van der Waals surface area (Å²) in [6.45, 7) is 4.62. The van der Waals surface area contributed by atoms with E-state index in [1.54, 1.807) is 7.11 Å². The van der Waals surface area contributed by atoms with Gasteiger partial charge in [0.05, 0.1) is 25.9 Å². The van der Waals surface area contributed by atoms with Crippen molar-refractivity contribution >= 4 is 23.3 Å². The third kappa shape index (κ3) is 5.79. The van der Waals surface area contributed by atoms with E-state index in [1.807, 2.05) is 49.1 Å². The third-order valence-electron chi connectivity index (χ3n) is 7.21. The average Bonchev–Trinajstić information content (AvgIpc) is 2.84. The average molecular weight is 499 g/mol. The molecule has 3 amide bonds. The molecule has 0 spiro atoms. The van der Waals surface area contributed by atoms with Gasteiger partial charge in [0.1, 0.15) is 5.75 Å². The van der Waals surface area contributed by atoms with Crippen LogP contribution in [0.25, 0.3) is 0 Å². The summed E-state index contributed by atoms with van der Waals surface area (Å²) < 4.78 is 5.35. The van der Waals surface area contributed by atoms with Crippen molar-refractivity contribution in [1.29, 1.82) is 0 Å². The number of nitrogens with one attached hydrogen (secondary N) is 3. The number of methoxy groups -OCH3 is 1. The SMILES string of the molecule is COc1cc(NC(=O)C2CCC(N3Cc4c(C)ccc(CN[N+](C)(O)O)c4NC3=O)CC2)ccc1C. The summed E-state index contributed by atoms with van der Waals surface area (Å²) in [4.78, 5) is 26.5. The van der Waals surface area contributed by atoms with Crippen molar-refractivity contribution in [2.24, 2.45) is 5.92 Å². The molecule has 194 valence electrons. The standard InChI is InChI=1S/C26H35N5O5/c1-16-5-7-19(14-27-31(3,34)35)24-22(16)15-30(26(33)29-24)21-11-8-18(9-12-21)25(32)28-20-10-6-17(2)23(13-20)36-4/h5-7,10,13,18,21,27,34-35H,8-9,11-12,14-15H2,1-4H3,(H-,28,29,32,33)/p+1. The molecule has 2 aromatic carbocycles. The molecule has 0 radical (unpaired) electrons. The van der Waals surface area contributed by atoms with Gasteiger partial charge in [-0.3, -0.25) is 4.79 Å². The Bertz CT molecular complexity index is 1140. The number of hydrogen-bond acceptors (Lipinski definition) is 6. The van der Waals surface area contributed by atoms with Gasteiger partial charge in [-0.15, -0.1) is 0 Å². The molecule has 36 heavy (non-hydrogen) atoms. The van der Waals surface area contributed by atoms with Crippen LogP contribution in [-0.4, -0.2) is 52.4 Å². The number of benzene rings is 2. The van der Waals surface area contributed by atoms with Crippen LogP contribution < -0.4 is 20.8 Å². The first kappa shape index (κ1) is 25.9. The van der Waals surface area contributed by atoms with Crippen LogP contribution >= 0.6 is 0 Å². The van der Waals surface area contributed by atoms with E-state index in [0.717, 1.165) is 52.2 Å². The largest absolute Gasteiger partial charge is 0.496 e. The second-order valence-corrected chi connectivity index (χ2v) is 9.88. The van der Waals surface area contributed by atoms with Crippen molar-refractivity contribution in [1.82, 2.24) is 10.3 Å². The number of carbonyl (C=O) groups excluding carboxylic acids is 2. The Labute approximate surface area is 211 Å². The number of rotatable bonds is 7. The van der Waals surface area contributed by atoms with Crippen molar-refractivity contribution < 1.29 is 29.7 Å². The number of hydroxylamine groups is 2. The minimum Gasteiger partial charge on any atom is -0.496 e. The van der Waals surface area contributed by atoms with Crippen LogP contribution in [0.2, 0.25) is 0 Å². The molecule has 4 rings (SSSR count). The van der Waals surface area contributed by atoms with Gasteiger partial charge in [0.25, 0.3) is 0 Å². The Morgan fingerprint density at radius 2 is 1.83 bits per heavy atom. The Balaban J connectivity index is 1.38. The van der Waals surface area contributed by atoms with E-state index < -0.39 is 4.92 Å². The molecule has 5 N–H and O–H groups in total. The number of urea groups is 1. The normalized spacial score (nSPS) is 19.9. The zero-order valence-corrected chi connectivity index (χ0v) is 21.3. The third-order valence-corrected chi connectivity index (χ3v) is 7.21. The van der Waals surface area contributed by atoms with E-state index in [0.29, 0.717) is 19.4 Å². The Morgan fingerprint density at radius 3 is 2.50 bits per heavy atom. The number of ether oxygens (including phenoxy) is 1. The van der Waals surface area contributed by atoms with Gasteiger partial charge >= 0.3 is 6.03 Å². The number of nitrogens with zero attached hydrogens (tertiary/aromatic N) is 2.